The lowest BCUT2D eigenvalue weighted by Crippen LogP contribution is -2.42. The maximum atomic E-state index is 10.8. The lowest BCUT2D eigenvalue weighted by Gasteiger charge is -2.18. The molecule has 3 N–H and O–H groups in total. The number of carbonyl (C=O) groups is 1. The van der Waals surface area contributed by atoms with Gasteiger partial charge in [-0.15, -0.1) is 0 Å². The highest BCUT2D eigenvalue weighted by atomic mass is 16.5. The summed E-state index contributed by atoms with van der Waals surface area (Å²) in [5.74, 6) is -0.593. The summed E-state index contributed by atoms with van der Waals surface area (Å²) in [6.07, 6.45) is 1.62. The molecule has 0 aromatic carbocycles. The number of methoxy groups -OCH3 is 1. The molecule has 0 aromatic rings. The smallest absolute Gasteiger partial charge is 0.323 e. The Morgan fingerprint density at radius 1 is 1.53 bits per heavy atom. The van der Waals surface area contributed by atoms with Gasteiger partial charge < -0.3 is 20.3 Å². The fourth-order valence-electron chi connectivity index (χ4n) is 1.33. The van der Waals surface area contributed by atoms with Gasteiger partial charge in [0.2, 0.25) is 0 Å². The van der Waals surface area contributed by atoms with Crippen LogP contribution in [0, 0.1) is 5.92 Å². The number of rotatable bonds is 9. The molecule has 0 spiro atoms. The molecule has 2 atom stereocenters. The van der Waals surface area contributed by atoms with Crippen LogP contribution in [-0.2, 0) is 9.53 Å². The first kappa shape index (κ1) is 14.3. The quantitative estimate of drug-likeness (QED) is 0.512. The van der Waals surface area contributed by atoms with Crippen LogP contribution >= 0.6 is 0 Å². The number of hydrogen-bond donors (Lipinski definition) is 3. The number of carboxylic acid groups (broad SMARTS) is 1. The predicted octanol–water partition coefficient (Wildman–Crippen LogP) is 0.0842. The highest BCUT2D eigenvalue weighted by Crippen LogP contribution is 2.06. The normalized spacial score (nSPS) is 14.9. The van der Waals surface area contributed by atoms with Crippen molar-refractivity contribution >= 4 is 5.97 Å². The molecule has 0 amide bonds. The molecule has 15 heavy (non-hydrogen) atoms. The zero-order valence-corrected chi connectivity index (χ0v) is 9.40. The number of aliphatic hydroxyl groups excluding tert-OH is 1. The molecule has 5 nitrogen and oxygen atoms in total. The van der Waals surface area contributed by atoms with E-state index in [0.717, 1.165) is 6.42 Å². The fourth-order valence-corrected chi connectivity index (χ4v) is 1.33. The van der Waals surface area contributed by atoms with Gasteiger partial charge in [0.15, 0.2) is 0 Å². The molecular weight excluding hydrogens is 198 g/mol. The first-order valence-electron chi connectivity index (χ1n) is 5.21. The fraction of sp³-hybridized carbons (Fsp3) is 0.900. The van der Waals surface area contributed by atoms with Crippen molar-refractivity contribution in [3.63, 3.8) is 0 Å². The Morgan fingerprint density at radius 3 is 2.60 bits per heavy atom. The van der Waals surface area contributed by atoms with Gasteiger partial charge in [0.05, 0.1) is 6.61 Å². The monoisotopic (exact) mass is 219 g/mol. The van der Waals surface area contributed by atoms with Crippen LogP contribution in [0.25, 0.3) is 0 Å². The van der Waals surface area contributed by atoms with Crippen molar-refractivity contribution in [2.24, 2.45) is 5.92 Å². The van der Waals surface area contributed by atoms with E-state index in [1.807, 2.05) is 6.92 Å². The molecule has 5 heteroatoms. The zero-order valence-electron chi connectivity index (χ0n) is 9.40. The lowest BCUT2D eigenvalue weighted by molar-refractivity contribution is -0.140. The minimum atomic E-state index is -0.907. The molecule has 0 aliphatic heterocycles. The van der Waals surface area contributed by atoms with Crippen molar-refractivity contribution in [2.45, 2.75) is 25.8 Å². The molecule has 0 bridgehead atoms. The number of hydrogen-bond acceptors (Lipinski definition) is 4. The van der Waals surface area contributed by atoms with Gasteiger partial charge in [-0.1, -0.05) is 13.3 Å². The van der Waals surface area contributed by atoms with E-state index < -0.39 is 12.0 Å². The Hall–Kier alpha value is -0.650. The van der Waals surface area contributed by atoms with E-state index in [1.165, 1.54) is 7.11 Å². The molecule has 0 fully saturated rings. The second-order valence-electron chi connectivity index (χ2n) is 3.54. The van der Waals surface area contributed by atoms with Gasteiger partial charge in [0, 0.05) is 13.7 Å². The third-order valence-corrected chi connectivity index (χ3v) is 2.40. The molecular formula is C10H21NO4. The van der Waals surface area contributed by atoms with Crippen LogP contribution in [0.2, 0.25) is 0 Å². The summed E-state index contributed by atoms with van der Waals surface area (Å²) in [4.78, 5) is 10.8. The Bertz CT molecular complexity index is 175. The van der Waals surface area contributed by atoms with E-state index in [0.29, 0.717) is 18.9 Å². The van der Waals surface area contributed by atoms with Gasteiger partial charge in [-0.25, -0.2) is 0 Å². The van der Waals surface area contributed by atoms with Crippen LogP contribution in [0.4, 0.5) is 0 Å². The van der Waals surface area contributed by atoms with Crippen molar-refractivity contribution < 1.29 is 19.7 Å². The van der Waals surface area contributed by atoms with Crippen molar-refractivity contribution in [1.29, 1.82) is 0 Å². The summed E-state index contributed by atoms with van der Waals surface area (Å²) in [5, 5.41) is 20.5. The standard InChI is InChI=1S/C10H21NO4/c1-3-8(4-5-12)6-11-9(7-15-2)10(13)14/h8-9,11-12H,3-7H2,1-2H3,(H,13,14). The summed E-state index contributed by atoms with van der Waals surface area (Å²) in [6.45, 7) is 2.92. The number of aliphatic carboxylic acids is 1. The maximum Gasteiger partial charge on any atom is 0.323 e. The van der Waals surface area contributed by atoms with Crippen LogP contribution in [0.5, 0.6) is 0 Å². The summed E-state index contributed by atoms with van der Waals surface area (Å²) in [5.41, 5.74) is 0. The first-order chi connectivity index (χ1) is 7.15. The van der Waals surface area contributed by atoms with Gasteiger partial charge in [-0.3, -0.25) is 4.79 Å². The second-order valence-corrected chi connectivity index (χ2v) is 3.54. The summed E-state index contributed by atoms with van der Waals surface area (Å²) in [7, 11) is 1.47. The Morgan fingerprint density at radius 2 is 2.20 bits per heavy atom. The van der Waals surface area contributed by atoms with Gasteiger partial charge >= 0.3 is 5.97 Å². The summed E-state index contributed by atoms with van der Waals surface area (Å²) in [6, 6.07) is -0.664. The van der Waals surface area contributed by atoms with Crippen molar-refractivity contribution in [1.82, 2.24) is 5.32 Å². The molecule has 0 aromatic heterocycles. The van der Waals surface area contributed by atoms with Gasteiger partial charge in [-0.2, -0.15) is 0 Å². The van der Waals surface area contributed by atoms with E-state index in [2.05, 4.69) is 5.32 Å². The Kier molecular flexibility index (Phi) is 8.27. The molecule has 0 rings (SSSR count). The van der Waals surface area contributed by atoms with Gasteiger partial charge in [0.25, 0.3) is 0 Å². The number of aliphatic hydroxyl groups is 1. The summed E-state index contributed by atoms with van der Waals surface area (Å²) < 4.78 is 4.80. The highest BCUT2D eigenvalue weighted by molar-refractivity contribution is 5.73. The van der Waals surface area contributed by atoms with Crippen LogP contribution < -0.4 is 5.32 Å². The average molecular weight is 219 g/mol. The van der Waals surface area contributed by atoms with Crippen LogP contribution in [-0.4, -0.2) is 49.1 Å². The van der Waals surface area contributed by atoms with Crippen LogP contribution in [0.1, 0.15) is 19.8 Å². The third kappa shape index (κ3) is 6.43. The third-order valence-electron chi connectivity index (χ3n) is 2.40. The van der Waals surface area contributed by atoms with Crippen molar-refractivity contribution in [3.05, 3.63) is 0 Å². The predicted molar refractivity (Wildman–Crippen MR) is 56.8 cm³/mol. The topological polar surface area (TPSA) is 78.8 Å². The molecule has 0 heterocycles. The van der Waals surface area contributed by atoms with Crippen molar-refractivity contribution in [3.8, 4) is 0 Å². The van der Waals surface area contributed by atoms with E-state index in [4.69, 9.17) is 14.9 Å². The van der Waals surface area contributed by atoms with Crippen LogP contribution in [0.15, 0.2) is 0 Å². The summed E-state index contributed by atoms with van der Waals surface area (Å²) >= 11 is 0. The SMILES string of the molecule is CCC(CCO)CNC(COC)C(=O)O. The molecule has 90 valence electrons. The molecule has 0 aliphatic rings. The Balaban J connectivity index is 3.90. The van der Waals surface area contributed by atoms with E-state index in [1.54, 1.807) is 0 Å². The molecule has 0 radical (unpaired) electrons. The lowest BCUT2D eigenvalue weighted by atomic mass is 10.0. The molecule has 0 saturated heterocycles. The maximum absolute atomic E-state index is 10.8. The van der Waals surface area contributed by atoms with Gasteiger partial charge in [0.1, 0.15) is 6.04 Å². The minimum absolute atomic E-state index is 0.141. The number of ether oxygens (including phenoxy) is 1. The minimum Gasteiger partial charge on any atom is -0.480 e. The zero-order chi connectivity index (χ0) is 11.7. The van der Waals surface area contributed by atoms with Crippen molar-refractivity contribution in [2.75, 3.05) is 26.9 Å². The van der Waals surface area contributed by atoms with E-state index >= 15 is 0 Å². The second kappa shape index (κ2) is 8.64. The van der Waals surface area contributed by atoms with E-state index in [-0.39, 0.29) is 13.2 Å². The molecule has 0 saturated carbocycles. The van der Waals surface area contributed by atoms with Crippen LogP contribution in [0.3, 0.4) is 0 Å². The molecule has 2 unspecified atom stereocenters. The number of nitrogens with one attached hydrogen (secondary N) is 1. The number of carboxylic acids is 1. The average Bonchev–Trinajstić information content (AvgIpc) is 2.21. The first-order valence-corrected chi connectivity index (χ1v) is 5.21. The van der Waals surface area contributed by atoms with Gasteiger partial charge in [-0.05, 0) is 18.9 Å². The Labute approximate surface area is 90.4 Å². The molecule has 0 aliphatic carbocycles. The largest absolute Gasteiger partial charge is 0.480 e. The highest BCUT2D eigenvalue weighted by Gasteiger charge is 2.17. The van der Waals surface area contributed by atoms with E-state index in [9.17, 15) is 4.79 Å².